The summed E-state index contributed by atoms with van der Waals surface area (Å²) in [7, 11) is 0. The van der Waals surface area contributed by atoms with E-state index in [0.717, 1.165) is 22.9 Å². The second kappa shape index (κ2) is 4.12. The van der Waals surface area contributed by atoms with Gasteiger partial charge in [-0.3, -0.25) is 0 Å². The standard InChI is InChI=1S/C10H14N4S/c1-7-8(2)15-10(13-7)5-14-4-9(3-11)12-6-14/h4,6H,3,5,11H2,1-2H3. The summed E-state index contributed by atoms with van der Waals surface area (Å²) in [6, 6.07) is 0. The number of nitrogens with zero attached hydrogens (tertiary/aromatic N) is 3. The van der Waals surface area contributed by atoms with E-state index < -0.39 is 0 Å². The molecule has 0 bridgehead atoms. The van der Waals surface area contributed by atoms with Gasteiger partial charge in [0.25, 0.3) is 0 Å². The minimum absolute atomic E-state index is 0.489. The number of imidazole rings is 1. The molecule has 2 N–H and O–H groups in total. The zero-order valence-electron chi connectivity index (χ0n) is 8.90. The highest BCUT2D eigenvalue weighted by molar-refractivity contribution is 7.11. The van der Waals surface area contributed by atoms with Crippen molar-refractivity contribution < 1.29 is 0 Å². The highest BCUT2D eigenvalue weighted by Gasteiger charge is 2.04. The van der Waals surface area contributed by atoms with Gasteiger partial charge in [0, 0.05) is 17.6 Å². The van der Waals surface area contributed by atoms with Crippen LogP contribution in [0.5, 0.6) is 0 Å². The van der Waals surface area contributed by atoms with Gasteiger partial charge < -0.3 is 10.3 Å². The number of thiazole rings is 1. The molecule has 0 aromatic carbocycles. The second-order valence-corrected chi connectivity index (χ2v) is 4.78. The van der Waals surface area contributed by atoms with Gasteiger partial charge in [-0.2, -0.15) is 0 Å². The Bertz CT molecular complexity index is 438. The fraction of sp³-hybridized carbons (Fsp3) is 0.400. The molecule has 2 heterocycles. The zero-order valence-corrected chi connectivity index (χ0v) is 9.71. The van der Waals surface area contributed by atoms with E-state index in [0.29, 0.717) is 6.54 Å². The maximum absolute atomic E-state index is 5.50. The van der Waals surface area contributed by atoms with Crippen LogP contribution in [0, 0.1) is 13.8 Å². The minimum Gasteiger partial charge on any atom is -0.330 e. The van der Waals surface area contributed by atoms with Crippen LogP contribution < -0.4 is 5.73 Å². The van der Waals surface area contributed by atoms with Gasteiger partial charge >= 0.3 is 0 Å². The van der Waals surface area contributed by atoms with Crippen molar-refractivity contribution in [1.82, 2.24) is 14.5 Å². The van der Waals surface area contributed by atoms with Crippen molar-refractivity contribution in [3.63, 3.8) is 0 Å². The lowest BCUT2D eigenvalue weighted by Crippen LogP contribution is -1.97. The SMILES string of the molecule is Cc1nc(Cn2cnc(CN)c2)sc1C. The Balaban J connectivity index is 2.14. The molecule has 80 valence electrons. The average molecular weight is 222 g/mol. The Morgan fingerprint density at radius 1 is 1.47 bits per heavy atom. The summed E-state index contributed by atoms with van der Waals surface area (Å²) in [6.07, 6.45) is 3.76. The average Bonchev–Trinajstić information content (AvgIpc) is 2.76. The smallest absolute Gasteiger partial charge is 0.113 e. The van der Waals surface area contributed by atoms with Crippen LogP contribution >= 0.6 is 11.3 Å². The Morgan fingerprint density at radius 3 is 2.80 bits per heavy atom. The van der Waals surface area contributed by atoms with Crippen LogP contribution in [0.15, 0.2) is 12.5 Å². The summed E-state index contributed by atoms with van der Waals surface area (Å²) in [5, 5.41) is 1.12. The lowest BCUT2D eigenvalue weighted by Gasteiger charge is -1.96. The maximum Gasteiger partial charge on any atom is 0.113 e. The second-order valence-electron chi connectivity index (χ2n) is 3.49. The van der Waals surface area contributed by atoms with Crippen molar-refractivity contribution >= 4 is 11.3 Å². The zero-order chi connectivity index (χ0) is 10.8. The fourth-order valence-electron chi connectivity index (χ4n) is 1.36. The molecule has 2 aromatic rings. The summed E-state index contributed by atoms with van der Waals surface area (Å²) >= 11 is 1.74. The lowest BCUT2D eigenvalue weighted by molar-refractivity contribution is 0.786. The number of aromatic nitrogens is 3. The third-order valence-electron chi connectivity index (χ3n) is 2.29. The van der Waals surface area contributed by atoms with Gasteiger partial charge in [-0.1, -0.05) is 0 Å². The molecule has 0 radical (unpaired) electrons. The summed E-state index contributed by atoms with van der Waals surface area (Å²) in [6.45, 7) is 5.40. The monoisotopic (exact) mass is 222 g/mol. The van der Waals surface area contributed by atoms with Gasteiger partial charge in [0.05, 0.1) is 24.3 Å². The van der Waals surface area contributed by atoms with Crippen molar-refractivity contribution in [3.05, 3.63) is 33.8 Å². The van der Waals surface area contributed by atoms with E-state index in [1.165, 1.54) is 4.88 Å². The molecule has 0 saturated heterocycles. The molecule has 0 aliphatic heterocycles. The van der Waals surface area contributed by atoms with E-state index in [-0.39, 0.29) is 0 Å². The molecule has 2 rings (SSSR count). The molecule has 0 aliphatic carbocycles. The highest BCUT2D eigenvalue weighted by Crippen LogP contribution is 2.17. The summed E-state index contributed by atoms with van der Waals surface area (Å²) in [5.74, 6) is 0. The Kier molecular flexibility index (Phi) is 2.83. The van der Waals surface area contributed by atoms with E-state index in [2.05, 4.69) is 16.9 Å². The van der Waals surface area contributed by atoms with Gasteiger partial charge in [0.15, 0.2) is 0 Å². The van der Waals surface area contributed by atoms with E-state index in [4.69, 9.17) is 5.73 Å². The first-order chi connectivity index (χ1) is 7.19. The Hall–Kier alpha value is -1.20. The summed E-state index contributed by atoms with van der Waals surface area (Å²) < 4.78 is 2.01. The van der Waals surface area contributed by atoms with Gasteiger partial charge in [-0.05, 0) is 13.8 Å². The molecule has 0 unspecified atom stereocenters. The topological polar surface area (TPSA) is 56.7 Å². The van der Waals surface area contributed by atoms with Crippen molar-refractivity contribution in [2.24, 2.45) is 5.73 Å². The van der Waals surface area contributed by atoms with Crippen molar-refractivity contribution in [1.29, 1.82) is 0 Å². The van der Waals surface area contributed by atoms with Gasteiger partial charge in [0.2, 0.25) is 0 Å². The normalized spacial score (nSPS) is 10.9. The van der Waals surface area contributed by atoms with Crippen LogP contribution in [0.1, 0.15) is 21.3 Å². The predicted octanol–water partition coefficient (Wildman–Crippen LogP) is 1.46. The van der Waals surface area contributed by atoms with Crippen LogP contribution in [0.3, 0.4) is 0 Å². The molecule has 0 fully saturated rings. The van der Waals surface area contributed by atoms with Crippen LogP contribution in [-0.2, 0) is 13.1 Å². The number of hydrogen-bond donors (Lipinski definition) is 1. The van der Waals surface area contributed by atoms with Crippen LogP contribution in [0.25, 0.3) is 0 Å². The van der Waals surface area contributed by atoms with Crippen LogP contribution in [0.4, 0.5) is 0 Å². The van der Waals surface area contributed by atoms with Gasteiger partial charge in [-0.15, -0.1) is 11.3 Å². The minimum atomic E-state index is 0.489. The van der Waals surface area contributed by atoms with E-state index in [1.807, 2.05) is 17.7 Å². The highest BCUT2D eigenvalue weighted by atomic mass is 32.1. The lowest BCUT2D eigenvalue weighted by atomic mass is 10.4. The molecule has 15 heavy (non-hydrogen) atoms. The number of nitrogens with two attached hydrogens (primary N) is 1. The van der Waals surface area contributed by atoms with Crippen molar-refractivity contribution in [2.75, 3.05) is 0 Å². The van der Waals surface area contributed by atoms with Gasteiger partial charge in [-0.25, -0.2) is 9.97 Å². The van der Waals surface area contributed by atoms with E-state index in [9.17, 15) is 0 Å². The Labute approximate surface area is 92.8 Å². The van der Waals surface area contributed by atoms with Crippen molar-refractivity contribution in [2.45, 2.75) is 26.9 Å². The molecular weight excluding hydrogens is 208 g/mol. The molecule has 0 atom stereocenters. The quantitative estimate of drug-likeness (QED) is 0.855. The largest absolute Gasteiger partial charge is 0.330 e. The molecule has 0 aliphatic rings. The Morgan fingerprint density at radius 2 is 2.27 bits per heavy atom. The molecule has 2 aromatic heterocycles. The predicted molar refractivity (Wildman–Crippen MR) is 60.8 cm³/mol. The maximum atomic E-state index is 5.50. The first kappa shape index (κ1) is 10.3. The summed E-state index contributed by atoms with van der Waals surface area (Å²) in [4.78, 5) is 9.94. The first-order valence-corrected chi connectivity index (χ1v) is 5.64. The first-order valence-electron chi connectivity index (χ1n) is 4.82. The van der Waals surface area contributed by atoms with Gasteiger partial charge in [0.1, 0.15) is 5.01 Å². The third kappa shape index (κ3) is 2.24. The third-order valence-corrected chi connectivity index (χ3v) is 3.34. The van der Waals surface area contributed by atoms with Crippen molar-refractivity contribution in [3.8, 4) is 0 Å². The molecular formula is C10H14N4S. The fourth-order valence-corrected chi connectivity index (χ4v) is 2.30. The molecule has 0 saturated carbocycles. The number of hydrogen-bond acceptors (Lipinski definition) is 4. The molecule has 0 amide bonds. The number of aryl methyl sites for hydroxylation is 2. The molecule has 0 spiro atoms. The molecule has 4 nitrogen and oxygen atoms in total. The van der Waals surface area contributed by atoms with E-state index >= 15 is 0 Å². The number of rotatable bonds is 3. The summed E-state index contributed by atoms with van der Waals surface area (Å²) in [5.41, 5.74) is 7.53. The van der Waals surface area contributed by atoms with E-state index in [1.54, 1.807) is 17.7 Å². The molecule has 5 heteroatoms. The van der Waals surface area contributed by atoms with Crippen LogP contribution in [0.2, 0.25) is 0 Å². The van der Waals surface area contributed by atoms with Crippen LogP contribution in [-0.4, -0.2) is 14.5 Å².